The quantitative estimate of drug-likeness (QED) is 0.715. The van der Waals surface area contributed by atoms with Crippen molar-refractivity contribution in [3.63, 3.8) is 0 Å². The highest BCUT2D eigenvalue weighted by Crippen LogP contribution is 2.24. The summed E-state index contributed by atoms with van der Waals surface area (Å²) in [6, 6.07) is 8.85. The van der Waals surface area contributed by atoms with Crippen LogP contribution < -0.4 is 0 Å². The lowest BCUT2D eigenvalue weighted by atomic mass is 10.1. The van der Waals surface area contributed by atoms with Gasteiger partial charge in [-0.3, -0.25) is 9.69 Å². The smallest absolute Gasteiger partial charge is 0.228 e. The van der Waals surface area contributed by atoms with Crippen LogP contribution in [0.1, 0.15) is 37.8 Å². The van der Waals surface area contributed by atoms with Gasteiger partial charge in [-0.25, -0.2) is 4.98 Å². The van der Waals surface area contributed by atoms with E-state index in [0.717, 1.165) is 37.3 Å². The van der Waals surface area contributed by atoms with E-state index in [1.165, 1.54) is 5.56 Å². The first-order valence-electron chi connectivity index (χ1n) is 10.5. The third-order valence-corrected chi connectivity index (χ3v) is 5.83. The van der Waals surface area contributed by atoms with E-state index in [9.17, 15) is 4.79 Å². The van der Waals surface area contributed by atoms with Crippen molar-refractivity contribution in [2.24, 2.45) is 0 Å². The molecule has 1 amide bonds. The Hall–Kier alpha value is -2.18. The molecule has 1 saturated heterocycles. The Morgan fingerprint density at radius 3 is 2.45 bits per heavy atom. The summed E-state index contributed by atoms with van der Waals surface area (Å²) in [7, 11) is 1.72. The van der Waals surface area contributed by atoms with Crippen LogP contribution in [-0.2, 0) is 22.4 Å². The predicted octanol–water partition coefficient (Wildman–Crippen LogP) is 3.32. The number of hydrogen-bond donors (Lipinski definition) is 0. The number of aromatic nitrogens is 1. The zero-order chi connectivity index (χ0) is 21.0. The van der Waals surface area contributed by atoms with Gasteiger partial charge in [-0.2, -0.15) is 0 Å². The fourth-order valence-corrected chi connectivity index (χ4v) is 4.05. The fraction of sp³-hybridized carbons (Fsp3) is 0.565. The second kappa shape index (κ2) is 9.55. The summed E-state index contributed by atoms with van der Waals surface area (Å²) < 4.78 is 11.1. The number of piperazine rings is 1. The predicted molar refractivity (Wildman–Crippen MR) is 114 cm³/mol. The highest BCUT2D eigenvalue weighted by atomic mass is 16.5. The number of aryl methyl sites for hydroxylation is 2. The Kier molecular flexibility index (Phi) is 7.09. The molecule has 2 aromatic rings. The van der Waals surface area contributed by atoms with Gasteiger partial charge in [-0.15, -0.1) is 0 Å². The molecule has 2 atom stereocenters. The standard InChI is InChI=1S/C23H33N3O3/c1-6-19-7-9-20(10-8-19)23-24-21(18(4)29-23)13-22(27)25-14-16(2)26(11-12-28-5)17(3)15-25/h7-10,16-17H,6,11-15H2,1-5H3. The molecular weight excluding hydrogens is 366 g/mol. The van der Waals surface area contributed by atoms with Gasteiger partial charge in [-0.1, -0.05) is 19.1 Å². The molecule has 0 N–H and O–H groups in total. The molecule has 3 rings (SSSR count). The van der Waals surface area contributed by atoms with Gasteiger partial charge in [0.25, 0.3) is 0 Å². The number of nitrogens with zero attached hydrogens (tertiary/aromatic N) is 3. The Bertz CT molecular complexity index is 803. The second-order valence-electron chi connectivity index (χ2n) is 7.98. The van der Waals surface area contributed by atoms with Crippen LogP contribution in [0.3, 0.4) is 0 Å². The van der Waals surface area contributed by atoms with Crippen LogP contribution in [0.5, 0.6) is 0 Å². The van der Waals surface area contributed by atoms with Crippen molar-refractivity contribution in [2.45, 2.75) is 52.6 Å². The minimum absolute atomic E-state index is 0.111. The third kappa shape index (κ3) is 5.06. The molecule has 29 heavy (non-hydrogen) atoms. The maximum absolute atomic E-state index is 13.0. The average Bonchev–Trinajstić information content (AvgIpc) is 3.07. The summed E-state index contributed by atoms with van der Waals surface area (Å²) in [6.45, 7) is 11.4. The Morgan fingerprint density at radius 2 is 1.86 bits per heavy atom. The fourth-order valence-electron chi connectivity index (χ4n) is 4.05. The SMILES string of the molecule is CCc1ccc(-c2nc(CC(=O)N3CC(C)N(CCOC)C(C)C3)c(C)o2)cc1. The van der Waals surface area contributed by atoms with Crippen molar-refractivity contribution >= 4 is 5.91 Å². The van der Waals surface area contributed by atoms with Crippen molar-refractivity contribution in [1.82, 2.24) is 14.8 Å². The molecule has 0 radical (unpaired) electrons. The molecule has 2 unspecified atom stereocenters. The van der Waals surface area contributed by atoms with Gasteiger partial charge in [0.1, 0.15) is 5.76 Å². The van der Waals surface area contributed by atoms with Crippen molar-refractivity contribution in [3.05, 3.63) is 41.3 Å². The van der Waals surface area contributed by atoms with Crippen molar-refractivity contribution < 1.29 is 13.9 Å². The first-order valence-corrected chi connectivity index (χ1v) is 10.5. The largest absolute Gasteiger partial charge is 0.441 e. The van der Waals surface area contributed by atoms with Crippen molar-refractivity contribution in [1.29, 1.82) is 0 Å². The first-order chi connectivity index (χ1) is 13.9. The highest BCUT2D eigenvalue weighted by Gasteiger charge is 2.32. The number of rotatable bonds is 7. The van der Waals surface area contributed by atoms with Gasteiger partial charge in [0.05, 0.1) is 18.7 Å². The van der Waals surface area contributed by atoms with Gasteiger partial charge in [0.2, 0.25) is 11.8 Å². The maximum Gasteiger partial charge on any atom is 0.228 e. The van der Waals surface area contributed by atoms with E-state index in [4.69, 9.17) is 9.15 Å². The number of methoxy groups -OCH3 is 1. The molecule has 158 valence electrons. The molecule has 0 aliphatic carbocycles. The molecule has 0 saturated carbocycles. The van der Waals surface area contributed by atoms with E-state index in [0.29, 0.717) is 30.3 Å². The van der Waals surface area contributed by atoms with Crippen molar-refractivity contribution in [2.75, 3.05) is 33.4 Å². The molecule has 1 aromatic heterocycles. The zero-order valence-electron chi connectivity index (χ0n) is 18.3. The molecule has 6 nitrogen and oxygen atoms in total. The molecule has 1 fully saturated rings. The number of carbonyl (C=O) groups excluding carboxylic acids is 1. The molecule has 2 heterocycles. The maximum atomic E-state index is 13.0. The summed E-state index contributed by atoms with van der Waals surface area (Å²) in [4.78, 5) is 22.0. The van der Waals surface area contributed by atoms with Crippen molar-refractivity contribution in [3.8, 4) is 11.5 Å². The van der Waals surface area contributed by atoms with E-state index in [1.807, 2.05) is 24.0 Å². The molecule has 0 bridgehead atoms. The summed E-state index contributed by atoms with van der Waals surface area (Å²) >= 11 is 0. The Balaban J connectivity index is 1.65. The van der Waals surface area contributed by atoms with E-state index < -0.39 is 0 Å². The number of amides is 1. The number of ether oxygens (including phenoxy) is 1. The topological polar surface area (TPSA) is 58.8 Å². The minimum Gasteiger partial charge on any atom is -0.441 e. The summed E-state index contributed by atoms with van der Waals surface area (Å²) in [6.07, 6.45) is 1.28. The molecule has 6 heteroatoms. The van der Waals surface area contributed by atoms with Crippen LogP contribution in [0.4, 0.5) is 0 Å². The van der Waals surface area contributed by atoms with Crippen LogP contribution in [0, 0.1) is 6.92 Å². The molecule has 1 aromatic carbocycles. The minimum atomic E-state index is 0.111. The number of oxazole rings is 1. The van der Waals surface area contributed by atoms with Crippen LogP contribution >= 0.6 is 0 Å². The zero-order valence-corrected chi connectivity index (χ0v) is 18.3. The lowest BCUT2D eigenvalue weighted by molar-refractivity contribution is -0.135. The Morgan fingerprint density at radius 1 is 1.21 bits per heavy atom. The van der Waals surface area contributed by atoms with E-state index in [-0.39, 0.29) is 12.3 Å². The molecular formula is C23H33N3O3. The highest BCUT2D eigenvalue weighted by molar-refractivity contribution is 5.79. The normalized spacial score (nSPS) is 20.2. The van der Waals surface area contributed by atoms with E-state index in [2.05, 4.69) is 42.8 Å². The first kappa shape index (κ1) is 21.5. The second-order valence-corrected chi connectivity index (χ2v) is 7.98. The van der Waals surface area contributed by atoms with E-state index >= 15 is 0 Å². The average molecular weight is 400 g/mol. The van der Waals surface area contributed by atoms with Gasteiger partial charge < -0.3 is 14.1 Å². The van der Waals surface area contributed by atoms with Gasteiger partial charge in [-0.05, 0) is 44.9 Å². The third-order valence-electron chi connectivity index (χ3n) is 5.83. The number of benzene rings is 1. The van der Waals surface area contributed by atoms with Gasteiger partial charge in [0, 0.05) is 44.4 Å². The lowest BCUT2D eigenvalue weighted by Gasteiger charge is -2.44. The molecule has 1 aliphatic rings. The lowest BCUT2D eigenvalue weighted by Crippen LogP contribution is -2.58. The summed E-state index contributed by atoms with van der Waals surface area (Å²) in [5.41, 5.74) is 2.95. The number of carbonyl (C=O) groups is 1. The summed E-state index contributed by atoms with van der Waals surface area (Å²) in [5, 5.41) is 0. The van der Waals surface area contributed by atoms with Crippen LogP contribution in [0.15, 0.2) is 28.7 Å². The molecule has 1 aliphatic heterocycles. The number of hydrogen-bond acceptors (Lipinski definition) is 5. The Labute approximate surface area is 173 Å². The van der Waals surface area contributed by atoms with Crippen LogP contribution in [0.2, 0.25) is 0 Å². The van der Waals surface area contributed by atoms with E-state index in [1.54, 1.807) is 7.11 Å². The van der Waals surface area contributed by atoms with Gasteiger partial charge in [0.15, 0.2) is 0 Å². The summed E-state index contributed by atoms with van der Waals surface area (Å²) in [5.74, 6) is 1.41. The monoisotopic (exact) mass is 399 g/mol. The van der Waals surface area contributed by atoms with Gasteiger partial charge >= 0.3 is 0 Å². The molecule has 0 spiro atoms. The van der Waals surface area contributed by atoms with Crippen LogP contribution in [0.25, 0.3) is 11.5 Å². The van der Waals surface area contributed by atoms with Crippen LogP contribution in [-0.4, -0.2) is 66.1 Å².